The molecular weight excluding hydrogens is 377 g/mol. The van der Waals surface area contributed by atoms with Crippen LogP contribution in [-0.4, -0.2) is 0 Å². The van der Waals surface area contributed by atoms with E-state index in [4.69, 9.17) is 10.5 Å². The molecule has 0 aliphatic heterocycles. The van der Waals surface area contributed by atoms with Crippen molar-refractivity contribution in [3.05, 3.63) is 62.3 Å². The van der Waals surface area contributed by atoms with Gasteiger partial charge in [0.05, 0.1) is 4.47 Å². The Balaban J connectivity index is 2.19. The molecule has 2 nitrogen and oxygen atoms in total. The Bertz CT molecular complexity index is 590. The van der Waals surface area contributed by atoms with Crippen molar-refractivity contribution in [1.82, 2.24) is 0 Å². The topological polar surface area (TPSA) is 35.2 Å². The zero-order valence-electron chi connectivity index (χ0n) is 10.00. The number of benzene rings is 2. The highest BCUT2D eigenvalue weighted by Crippen LogP contribution is 2.30. The lowest BCUT2D eigenvalue weighted by atomic mass is 10.2. The first-order chi connectivity index (χ1) is 9.11. The van der Waals surface area contributed by atoms with Crippen LogP contribution in [0.3, 0.4) is 0 Å². The van der Waals surface area contributed by atoms with Gasteiger partial charge in [0.1, 0.15) is 18.2 Å². The molecule has 0 atom stereocenters. The van der Waals surface area contributed by atoms with Crippen LogP contribution in [0.5, 0.6) is 5.75 Å². The molecule has 0 amide bonds. The van der Waals surface area contributed by atoms with Crippen LogP contribution in [-0.2, 0) is 13.2 Å². The molecule has 100 valence electrons. The van der Waals surface area contributed by atoms with Crippen molar-refractivity contribution in [2.75, 3.05) is 0 Å². The van der Waals surface area contributed by atoms with Gasteiger partial charge in [0.15, 0.2) is 0 Å². The molecule has 0 saturated heterocycles. The Morgan fingerprint density at radius 2 is 1.89 bits per heavy atom. The molecule has 2 N–H and O–H groups in total. The van der Waals surface area contributed by atoms with Gasteiger partial charge in [0, 0.05) is 22.1 Å². The highest BCUT2D eigenvalue weighted by molar-refractivity contribution is 9.10. The molecular formula is C14H12Br2FNO. The summed E-state index contributed by atoms with van der Waals surface area (Å²) in [6, 6.07) is 10.5. The minimum absolute atomic E-state index is 0.161. The maximum atomic E-state index is 13.7. The Morgan fingerprint density at radius 1 is 1.11 bits per heavy atom. The molecule has 0 aliphatic rings. The minimum atomic E-state index is -0.296. The van der Waals surface area contributed by atoms with E-state index in [1.807, 2.05) is 18.2 Å². The van der Waals surface area contributed by atoms with E-state index in [-0.39, 0.29) is 12.4 Å². The van der Waals surface area contributed by atoms with E-state index >= 15 is 0 Å². The summed E-state index contributed by atoms with van der Waals surface area (Å²) in [5.41, 5.74) is 7.04. The van der Waals surface area contributed by atoms with Gasteiger partial charge in [-0.3, -0.25) is 0 Å². The monoisotopic (exact) mass is 387 g/mol. The smallest absolute Gasteiger partial charge is 0.138 e. The summed E-state index contributed by atoms with van der Waals surface area (Å²) in [6.07, 6.45) is 0. The Kier molecular flexibility index (Phi) is 4.96. The SMILES string of the molecule is NCc1cccc(Br)c1OCc1ccc(Br)cc1F. The third-order valence-electron chi connectivity index (χ3n) is 2.66. The molecule has 0 aliphatic carbocycles. The largest absolute Gasteiger partial charge is 0.487 e. The van der Waals surface area contributed by atoms with E-state index in [1.165, 1.54) is 6.07 Å². The molecule has 0 fully saturated rings. The van der Waals surface area contributed by atoms with Crippen molar-refractivity contribution >= 4 is 31.9 Å². The predicted octanol–water partition coefficient (Wildman–Crippen LogP) is 4.39. The number of nitrogens with two attached hydrogens (primary N) is 1. The molecule has 2 rings (SSSR count). The first kappa shape index (κ1) is 14.5. The van der Waals surface area contributed by atoms with E-state index < -0.39 is 0 Å². The minimum Gasteiger partial charge on any atom is -0.487 e. The standard InChI is InChI=1S/C14H12Br2FNO/c15-11-5-4-10(13(17)6-11)8-19-14-9(7-18)2-1-3-12(14)16/h1-6H,7-8,18H2. The molecule has 5 heteroatoms. The second-order valence-corrected chi connectivity index (χ2v) is 5.73. The van der Waals surface area contributed by atoms with Crippen LogP contribution in [0.1, 0.15) is 11.1 Å². The highest BCUT2D eigenvalue weighted by Gasteiger charge is 2.09. The fourth-order valence-electron chi connectivity index (χ4n) is 1.66. The number of rotatable bonds is 4. The van der Waals surface area contributed by atoms with E-state index in [0.29, 0.717) is 22.3 Å². The molecule has 0 bridgehead atoms. The van der Waals surface area contributed by atoms with Gasteiger partial charge in [-0.05, 0) is 34.1 Å². The number of halogens is 3. The average Bonchev–Trinajstić information content (AvgIpc) is 2.39. The van der Waals surface area contributed by atoms with Gasteiger partial charge in [-0.15, -0.1) is 0 Å². The van der Waals surface area contributed by atoms with E-state index in [2.05, 4.69) is 31.9 Å². The lowest BCUT2D eigenvalue weighted by Gasteiger charge is -2.12. The van der Waals surface area contributed by atoms with Crippen LogP contribution in [0.15, 0.2) is 45.3 Å². The van der Waals surface area contributed by atoms with Crippen LogP contribution < -0.4 is 10.5 Å². The van der Waals surface area contributed by atoms with E-state index in [9.17, 15) is 4.39 Å². The van der Waals surface area contributed by atoms with Crippen molar-refractivity contribution in [2.24, 2.45) is 5.73 Å². The van der Waals surface area contributed by atoms with E-state index in [1.54, 1.807) is 12.1 Å². The summed E-state index contributed by atoms with van der Waals surface area (Å²) in [5.74, 6) is 0.364. The van der Waals surface area contributed by atoms with Gasteiger partial charge in [0.2, 0.25) is 0 Å². The molecule has 2 aromatic rings. The third kappa shape index (κ3) is 3.55. The maximum Gasteiger partial charge on any atom is 0.138 e. The Labute approximate surface area is 128 Å². The lowest BCUT2D eigenvalue weighted by molar-refractivity contribution is 0.295. The Hall–Kier alpha value is -0.910. The summed E-state index contributed by atoms with van der Waals surface area (Å²) >= 11 is 6.63. The summed E-state index contributed by atoms with van der Waals surface area (Å²) in [6.45, 7) is 0.534. The van der Waals surface area contributed by atoms with Gasteiger partial charge in [-0.25, -0.2) is 4.39 Å². The highest BCUT2D eigenvalue weighted by atomic mass is 79.9. The number of para-hydroxylation sites is 1. The quantitative estimate of drug-likeness (QED) is 0.842. The molecule has 19 heavy (non-hydrogen) atoms. The average molecular weight is 389 g/mol. The van der Waals surface area contributed by atoms with Crippen molar-refractivity contribution in [2.45, 2.75) is 13.2 Å². The Morgan fingerprint density at radius 3 is 2.58 bits per heavy atom. The summed E-state index contributed by atoms with van der Waals surface area (Å²) in [4.78, 5) is 0. The second kappa shape index (κ2) is 6.50. The summed E-state index contributed by atoms with van der Waals surface area (Å²) < 4.78 is 20.9. The molecule has 0 spiro atoms. The van der Waals surface area contributed by atoms with Crippen LogP contribution in [0.4, 0.5) is 4.39 Å². The lowest BCUT2D eigenvalue weighted by Crippen LogP contribution is -2.04. The van der Waals surface area contributed by atoms with Crippen molar-refractivity contribution in [3.63, 3.8) is 0 Å². The number of hydrogen-bond donors (Lipinski definition) is 1. The van der Waals surface area contributed by atoms with Gasteiger partial charge >= 0.3 is 0 Å². The second-order valence-electron chi connectivity index (χ2n) is 3.96. The van der Waals surface area contributed by atoms with Crippen LogP contribution in [0.2, 0.25) is 0 Å². The number of hydrogen-bond acceptors (Lipinski definition) is 2. The summed E-state index contributed by atoms with van der Waals surface area (Å²) in [5, 5.41) is 0. The van der Waals surface area contributed by atoms with Crippen molar-refractivity contribution in [1.29, 1.82) is 0 Å². The molecule has 0 saturated carbocycles. The first-order valence-corrected chi connectivity index (χ1v) is 7.24. The molecule has 0 heterocycles. The van der Waals surface area contributed by atoms with Crippen molar-refractivity contribution in [3.8, 4) is 5.75 Å². The fourth-order valence-corrected chi connectivity index (χ4v) is 2.52. The molecule has 0 aromatic heterocycles. The molecule has 0 unspecified atom stereocenters. The first-order valence-electron chi connectivity index (χ1n) is 5.66. The van der Waals surface area contributed by atoms with Crippen LogP contribution >= 0.6 is 31.9 Å². The normalized spacial score (nSPS) is 10.5. The molecule has 2 aromatic carbocycles. The van der Waals surface area contributed by atoms with Crippen LogP contribution in [0, 0.1) is 5.82 Å². The zero-order valence-corrected chi connectivity index (χ0v) is 13.2. The van der Waals surface area contributed by atoms with Crippen LogP contribution in [0.25, 0.3) is 0 Å². The van der Waals surface area contributed by atoms with Gasteiger partial charge in [0.25, 0.3) is 0 Å². The molecule has 0 radical (unpaired) electrons. The third-order valence-corrected chi connectivity index (χ3v) is 3.77. The van der Waals surface area contributed by atoms with Gasteiger partial charge < -0.3 is 10.5 Å². The van der Waals surface area contributed by atoms with Gasteiger partial charge in [-0.1, -0.05) is 34.1 Å². The van der Waals surface area contributed by atoms with Crippen molar-refractivity contribution < 1.29 is 9.13 Å². The predicted molar refractivity (Wildman–Crippen MR) is 80.5 cm³/mol. The van der Waals surface area contributed by atoms with E-state index in [0.717, 1.165) is 10.0 Å². The van der Waals surface area contributed by atoms with Gasteiger partial charge in [-0.2, -0.15) is 0 Å². The summed E-state index contributed by atoms with van der Waals surface area (Å²) in [7, 11) is 0. The fraction of sp³-hybridized carbons (Fsp3) is 0.143. The number of ether oxygens (including phenoxy) is 1. The zero-order chi connectivity index (χ0) is 13.8. The maximum absolute atomic E-state index is 13.7.